The van der Waals surface area contributed by atoms with Gasteiger partial charge in [0.25, 0.3) is 0 Å². The largest absolute Gasteiger partial charge is 0.543 e. The second-order valence-corrected chi connectivity index (χ2v) is 17.7. The Morgan fingerprint density at radius 1 is 0.977 bits per heavy atom. The summed E-state index contributed by atoms with van der Waals surface area (Å²) in [6.07, 6.45) is 8.96. The Morgan fingerprint density at radius 2 is 1.77 bits per heavy atom. The van der Waals surface area contributed by atoms with Crippen LogP contribution < -0.4 is 4.43 Å². The lowest BCUT2D eigenvalue weighted by atomic mass is 10.1. The first-order chi connectivity index (χ1) is 20.7. The van der Waals surface area contributed by atoms with E-state index in [2.05, 4.69) is 80.2 Å². The van der Waals surface area contributed by atoms with E-state index in [0.29, 0.717) is 26.4 Å². The van der Waals surface area contributed by atoms with E-state index in [0.717, 1.165) is 73.2 Å². The Balaban J connectivity index is 1.20. The smallest absolute Gasteiger partial charge is 0.250 e. The number of aryl methyl sites for hydroxylation is 1. The van der Waals surface area contributed by atoms with E-state index in [9.17, 15) is 0 Å². The molecule has 0 radical (unpaired) electrons. The molecule has 4 aromatic rings. The van der Waals surface area contributed by atoms with Gasteiger partial charge in [-0.25, -0.2) is 4.68 Å². The van der Waals surface area contributed by atoms with Crippen LogP contribution in [0.2, 0.25) is 18.1 Å². The molecule has 9 heteroatoms. The second kappa shape index (κ2) is 14.2. The molecule has 0 aliphatic carbocycles. The third-order valence-electron chi connectivity index (χ3n) is 8.56. The molecule has 232 valence electrons. The number of fused-ring (bicyclic) bond motifs is 1. The van der Waals surface area contributed by atoms with Gasteiger partial charge in [-0.2, -0.15) is 10.2 Å². The van der Waals surface area contributed by atoms with Crippen LogP contribution in [-0.4, -0.2) is 54.3 Å². The minimum Gasteiger partial charge on any atom is -0.543 e. The van der Waals surface area contributed by atoms with Crippen LogP contribution >= 0.6 is 0 Å². The Labute approximate surface area is 257 Å². The number of nitrogens with zero attached hydrogens (tertiary/aromatic N) is 4. The van der Waals surface area contributed by atoms with Crippen molar-refractivity contribution in [2.24, 2.45) is 0 Å². The summed E-state index contributed by atoms with van der Waals surface area (Å²) in [6, 6.07) is 16.6. The third-order valence-corrected chi connectivity index (χ3v) is 12.9. The van der Waals surface area contributed by atoms with Crippen molar-refractivity contribution in [3.05, 3.63) is 66.5 Å². The Morgan fingerprint density at radius 3 is 2.53 bits per heavy atom. The lowest BCUT2D eigenvalue weighted by molar-refractivity contribution is -0.0365. The molecule has 0 bridgehead atoms. The summed E-state index contributed by atoms with van der Waals surface area (Å²) < 4.78 is 28.5. The minimum absolute atomic E-state index is 0.0481. The monoisotopic (exact) mass is 604 g/mol. The van der Waals surface area contributed by atoms with Crippen molar-refractivity contribution in [1.82, 2.24) is 19.6 Å². The maximum atomic E-state index is 6.68. The van der Waals surface area contributed by atoms with Crippen molar-refractivity contribution in [2.45, 2.75) is 90.4 Å². The van der Waals surface area contributed by atoms with Crippen LogP contribution in [-0.2, 0) is 27.4 Å². The molecular formula is C34H48N4O4Si. The molecule has 1 atom stereocenters. The number of aromatic nitrogens is 4. The molecule has 5 rings (SSSR count). The Bertz CT molecular complexity index is 1440. The van der Waals surface area contributed by atoms with Gasteiger partial charge in [0.15, 0.2) is 6.23 Å². The average Bonchev–Trinajstić information content (AvgIpc) is 3.61. The zero-order valence-corrected chi connectivity index (χ0v) is 27.6. The quantitative estimate of drug-likeness (QED) is 0.107. The van der Waals surface area contributed by atoms with Gasteiger partial charge in [-0.1, -0.05) is 51.1 Å². The predicted octanol–water partition coefficient (Wildman–Crippen LogP) is 8.00. The Hall–Kier alpha value is -2.98. The molecule has 1 fully saturated rings. The second-order valence-electron chi connectivity index (χ2n) is 13.0. The molecule has 2 aromatic heterocycles. The lowest BCUT2D eigenvalue weighted by Crippen LogP contribution is -2.43. The minimum atomic E-state index is -1.98. The average molecular weight is 605 g/mol. The summed E-state index contributed by atoms with van der Waals surface area (Å²) in [6.45, 7) is 15.7. The highest BCUT2D eigenvalue weighted by Gasteiger charge is 2.39. The highest BCUT2D eigenvalue weighted by Crippen LogP contribution is 2.39. The molecule has 0 spiro atoms. The predicted molar refractivity (Wildman–Crippen MR) is 174 cm³/mol. The topological polar surface area (TPSA) is 72.6 Å². The molecule has 0 saturated carbocycles. The lowest BCUT2D eigenvalue weighted by Gasteiger charge is -2.36. The van der Waals surface area contributed by atoms with Crippen LogP contribution in [0.4, 0.5) is 0 Å². The number of rotatable bonds is 14. The van der Waals surface area contributed by atoms with E-state index >= 15 is 0 Å². The number of hydrogen-bond donors (Lipinski definition) is 0. The summed E-state index contributed by atoms with van der Waals surface area (Å²) in [7, 11) is -1.98. The summed E-state index contributed by atoms with van der Waals surface area (Å²) >= 11 is 0. The number of hydrogen-bond acceptors (Lipinski definition) is 6. The standard InChI is InChI=1S/C34H48N4O4Si/c1-34(2,3)43(4,5)42-29-16-17-31-30(23-29)33(36-38(31)32-15-9-10-22-41-32)28-24-35-37(25-28)18-11-19-39-20-12-21-40-26-27-13-7-6-8-14-27/h6-8,13-14,16-17,23-25,32H,9-12,15,18-22,26H2,1-5H3. The Kier molecular flexibility index (Phi) is 10.4. The molecule has 1 unspecified atom stereocenters. The van der Waals surface area contributed by atoms with E-state index in [4.69, 9.17) is 23.7 Å². The molecule has 1 aliphatic heterocycles. The maximum Gasteiger partial charge on any atom is 0.250 e. The summed E-state index contributed by atoms with van der Waals surface area (Å²) in [5.41, 5.74) is 4.19. The van der Waals surface area contributed by atoms with Crippen LogP contribution in [0.25, 0.3) is 22.2 Å². The van der Waals surface area contributed by atoms with Crippen molar-refractivity contribution < 1.29 is 18.6 Å². The van der Waals surface area contributed by atoms with Crippen molar-refractivity contribution in [1.29, 1.82) is 0 Å². The summed E-state index contributed by atoms with van der Waals surface area (Å²) in [5.74, 6) is 0.902. The highest BCUT2D eigenvalue weighted by atomic mass is 28.4. The van der Waals surface area contributed by atoms with Gasteiger partial charge >= 0.3 is 0 Å². The highest BCUT2D eigenvalue weighted by molar-refractivity contribution is 6.74. The van der Waals surface area contributed by atoms with Gasteiger partial charge in [-0.3, -0.25) is 4.68 Å². The summed E-state index contributed by atoms with van der Waals surface area (Å²) in [4.78, 5) is 0. The van der Waals surface area contributed by atoms with E-state index in [1.54, 1.807) is 0 Å². The molecule has 0 N–H and O–H groups in total. The van der Waals surface area contributed by atoms with Crippen molar-refractivity contribution >= 4 is 19.2 Å². The van der Waals surface area contributed by atoms with Crippen molar-refractivity contribution in [2.75, 3.05) is 26.4 Å². The molecular weight excluding hydrogens is 556 g/mol. The molecule has 1 saturated heterocycles. The van der Waals surface area contributed by atoms with Crippen LogP contribution in [0.3, 0.4) is 0 Å². The fraction of sp³-hybridized carbons (Fsp3) is 0.529. The fourth-order valence-corrected chi connectivity index (χ4v) is 6.07. The van der Waals surface area contributed by atoms with Gasteiger partial charge in [0, 0.05) is 50.1 Å². The van der Waals surface area contributed by atoms with Gasteiger partial charge in [-0.15, -0.1) is 0 Å². The number of benzene rings is 2. The normalized spacial score (nSPS) is 16.2. The van der Waals surface area contributed by atoms with Crippen LogP contribution in [0.5, 0.6) is 5.75 Å². The first-order valence-corrected chi connectivity index (χ1v) is 18.7. The van der Waals surface area contributed by atoms with E-state index in [1.807, 2.05) is 29.1 Å². The molecule has 8 nitrogen and oxygen atoms in total. The maximum absolute atomic E-state index is 6.68. The van der Waals surface area contributed by atoms with Gasteiger partial charge in [0.05, 0.1) is 18.3 Å². The SMILES string of the molecule is CC(C)(C)[Si](C)(C)Oc1ccc2c(c1)c(-c1cnn(CCCOCCCOCc3ccccc3)c1)nn2C1CCCCO1. The molecule has 1 aliphatic rings. The van der Waals surface area contributed by atoms with Crippen LogP contribution in [0.15, 0.2) is 60.9 Å². The van der Waals surface area contributed by atoms with Crippen molar-refractivity contribution in [3.63, 3.8) is 0 Å². The zero-order chi connectivity index (χ0) is 30.3. The molecule has 0 amide bonds. The van der Waals surface area contributed by atoms with Gasteiger partial charge in [0.1, 0.15) is 11.4 Å². The molecule has 43 heavy (non-hydrogen) atoms. The van der Waals surface area contributed by atoms with Gasteiger partial charge < -0.3 is 18.6 Å². The van der Waals surface area contributed by atoms with Crippen LogP contribution in [0, 0.1) is 0 Å². The summed E-state index contributed by atoms with van der Waals surface area (Å²) in [5, 5.41) is 11.0. The van der Waals surface area contributed by atoms with Gasteiger partial charge in [0.2, 0.25) is 8.32 Å². The van der Waals surface area contributed by atoms with E-state index in [1.165, 1.54) is 5.56 Å². The van der Waals surface area contributed by atoms with E-state index in [-0.39, 0.29) is 11.3 Å². The van der Waals surface area contributed by atoms with Gasteiger partial charge in [-0.05, 0) is 74.0 Å². The first-order valence-electron chi connectivity index (χ1n) is 15.8. The third kappa shape index (κ3) is 8.15. The fourth-order valence-electron chi connectivity index (χ4n) is 5.05. The van der Waals surface area contributed by atoms with Crippen LogP contribution in [0.1, 0.15) is 64.7 Å². The zero-order valence-electron chi connectivity index (χ0n) is 26.6. The molecule has 2 aromatic carbocycles. The molecule has 3 heterocycles. The number of ether oxygens (including phenoxy) is 3. The van der Waals surface area contributed by atoms with Crippen molar-refractivity contribution in [3.8, 4) is 17.0 Å². The first kappa shape index (κ1) is 31.4. The van der Waals surface area contributed by atoms with E-state index < -0.39 is 8.32 Å².